The van der Waals surface area contributed by atoms with E-state index in [1.54, 1.807) is 6.92 Å². The molecule has 3 rings (SSSR count). The maximum atomic E-state index is 12.7. The Morgan fingerprint density at radius 3 is 1.74 bits per heavy atom. The first-order valence-electron chi connectivity index (χ1n) is 13.2. The molecular weight excluding hydrogens is 469 g/mol. The summed E-state index contributed by atoms with van der Waals surface area (Å²) in [6.07, 6.45) is 1.33. The molecule has 3 fully saturated rings. The van der Waals surface area contributed by atoms with Crippen LogP contribution in [0.5, 0.6) is 0 Å². The van der Waals surface area contributed by atoms with Crippen molar-refractivity contribution in [3.63, 3.8) is 0 Å². The van der Waals surface area contributed by atoms with Crippen LogP contribution >= 0.6 is 0 Å². The van der Waals surface area contributed by atoms with E-state index in [9.17, 15) is 8.60 Å². The summed E-state index contributed by atoms with van der Waals surface area (Å²) in [6, 6.07) is 0.459. The molecule has 0 aromatic rings. The van der Waals surface area contributed by atoms with Crippen LogP contribution in [0.3, 0.4) is 0 Å². The third-order valence-corrected chi connectivity index (χ3v) is 8.47. The average Bonchev–Trinajstić information content (AvgIpc) is 2.66. The third kappa shape index (κ3) is 13.7. The maximum absolute atomic E-state index is 12.7. The first-order chi connectivity index (χ1) is 16.0. The van der Waals surface area contributed by atoms with E-state index in [2.05, 4.69) is 38.5 Å². The molecule has 0 radical (unpaired) electrons. The summed E-state index contributed by atoms with van der Waals surface area (Å²) >= 11 is 0. The minimum atomic E-state index is -1.72. The van der Waals surface area contributed by atoms with Crippen LogP contribution < -0.4 is 0 Å². The van der Waals surface area contributed by atoms with Crippen LogP contribution in [0.15, 0.2) is 0 Å². The van der Waals surface area contributed by atoms with Crippen molar-refractivity contribution >= 4 is 15.4 Å². The number of hydrogen-bond acceptors (Lipinski definition) is 6. The van der Waals surface area contributed by atoms with E-state index in [1.165, 1.54) is 0 Å². The number of nitrogens with zero attached hydrogens (tertiary/aromatic N) is 1. The van der Waals surface area contributed by atoms with E-state index >= 15 is 0 Å². The molecule has 210 valence electrons. The Kier molecular flexibility index (Phi) is 13.7. The first-order valence-corrected chi connectivity index (χ1v) is 15.2. The van der Waals surface area contributed by atoms with E-state index in [0.717, 1.165) is 57.5 Å². The van der Waals surface area contributed by atoms with Crippen molar-refractivity contribution in [1.82, 2.24) is 4.90 Å². The van der Waals surface area contributed by atoms with Gasteiger partial charge in [-0.05, 0) is 70.3 Å². The minimum absolute atomic E-state index is 0.128. The van der Waals surface area contributed by atoms with Crippen LogP contribution in [0.4, 0.5) is 4.39 Å². The van der Waals surface area contributed by atoms with Gasteiger partial charge in [0.25, 0.3) is 0 Å². The number of ether oxygens (including phenoxy) is 4. The molecule has 6 nitrogen and oxygen atoms in total. The lowest BCUT2D eigenvalue weighted by Gasteiger charge is -2.41. The highest BCUT2D eigenvalue weighted by Gasteiger charge is 2.40. The Hall–Kier alpha value is -0.250. The fourth-order valence-electron chi connectivity index (χ4n) is 4.13. The molecular formula is C27H54FNO5S. The molecule has 0 aliphatic carbocycles. The Balaban J connectivity index is 0.000000265. The number of halogens is 1. The lowest BCUT2D eigenvalue weighted by molar-refractivity contribution is -0.145. The van der Waals surface area contributed by atoms with Gasteiger partial charge in [0.2, 0.25) is 0 Å². The summed E-state index contributed by atoms with van der Waals surface area (Å²) in [5, 5.41) is 0. The van der Waals surface area contributed by atoms with Gasteiger partial charge in [-0.15, -0.1) is 0 Å². The topological polar surface area (TPSA) is 57.2 Å². The third-order valence-electron chi connectivity index (χ3n) is 6.03. The number of likely N-dealkylation sites (tertiary alicyclic amines) is 1. The molecule has 0 bridgehead atoms. The summed E-state index contributed by atoms with van der Waals surface area (Å²) < 4.78 is 45.5. The van der Waals surface area contributed by atoms with Crippen molar-refractivity contribution < 1.29 is 27.5 Å². The van der Waals surface area contributed by atoms with Gasteiger partial charge in [-0.3, -0.25) is 9.11 Å². The van der Waals surface area contributed by atoms with Crippen LogP contribution in [0.25, 0.3) is 0 Å². The monoisotopic (exact) mass is 523 g/mol. The quantitative estimate of drug-likeness (QED) is 0.373. The molecule has 0 spiro atoms. The van der Waals surface area contributed by atoms with Gasteiger partial charge in [0.1, 0.15) is 6.17 Å². The number of rotatable bonds is 11. The fraction of sp³-hybridized carbons (Fsp3) is 0.963. The van der Waals surface area contributed by atoms with Crippen LogP contribution in [0, 0.1) is 10.8 Å². The van der Waals surface area contributed by atoms with Crippen molar-refractivity contribution in [2.24, 2.45) is 10.8 Å². The summed E-state index contributed by atoms with van der Waals surface area (Å²) in [6.45, 7) is 23.7. The lowest BCUT2D eigenvalue weighted by Crippen LogP contribution is -2.52. The highest BCUT2D eigenvalue weighted by molar-refractivity contribution is 8.01. The number of alkyl halides is 1. The molecule has 2 unspecified atom stereocenters. The summed E-state index contributed by atoms with van der Waals surface area (Å²) in [5.74, 6) is 5.13. The Morgan fingerprint density at radius 2 is 1.43 bits per heavy atom. The van der Waals surface area contributed by atoms with Crippen molar-refractivity contribution in [2.75, 3.05) is 57.6 Å². The van der Waals surface area contributed by atoms with Crippen LogP contribution in [-0.2, 0) is 28.5 Å². The van der Waals surface area contributed by atoms with Crippen molar-refractivity contribution in [3.8, 4) is 0 Å². The predicted molar refractivity (Wildman–Crippen MR) is 146 cm³/mol. The SMILES string of the molecule is C=S1(=O)CC(C)(COC(C)C)C1.CC(C)OCC1(C)COC1.CC(F)CN1CCC1COC(C)C. The zero-order valence-electron chi connectivity index (χ0n) is 23.9. The molecule has 0 amide bonds. The highest BCUT2D eigenvalue weighted by Crippen LogP contribution is 2.32. The van der Waals surface area contributed by atoms with E-state index in [-0.39, 0.29) is 17.6 Å². The Morgan fingerprint density at radius 1 is 0.943 bits per heavy atom. The first kappa shape index (κ1) is 32.8. The van der Waals surface area contributed by atoms with Gasteiger partial charge in [-0.1, -0.05) is 13.8 Å². The Bertz CT molecular complexity index is 680. The van der Waals surface area contributed by atoms with E-state index < -0.39 is 15.7 Å². The minimum Gasteiger partial charge on any atom is -0.380 e. The molecule has 0 saturated carbocycles. The molecule has 35 heavy (non-hydrogen) atoms. The zero-order valence-corrected chi connectivity index (χ0v) is 24.8. The van der Waals surface area contributed by atoms with Crippen LogP contribution in [0.2, 0.25) is 0 Å². The second kappa shape index (κ2) is 14.6. The smallest absolute Gasteiger partial charge is 0.110 e. The Labute approximate surface area is 215 Å². The van der Waals surface area contributed by atoms with Crippen molar-refractivity contribution in [3.05, 3.63) is 0 Å². The molecule has 3 saturated heterocycles. The summed E-state index contributed by atoms with van der Waals surface area (Å²) in [7, 11) is -1.72. The molecule has 3 heterocycles. The van der Waals surface area contributed by atoms with Crippen LogP contribution in [0.1, 0.15) is 68.7 Å². The standard InChI is InChI=1S/C10H20FNO.C9H18O2S.C8H16O2/c1-8(2)13-7-10-4-5-12(10)6-9(3)11;1-8(2)11-5-9(3)6-12(4,10)7-9;1-7(2)10-6-8(3)4-9-5-8/h8-10H,4-7H2,1-3H3;8H,4-7H2,1-3H3;7H,4-6H2,1-3H3. The van der Waals surface area contributed by atoms with Crippen molar-refractivity contribution in [2.45, 2.75) is 99.3 Å². The van der Waals surface area contributed by atoms with E-state index in [4.69, 9.17) is 18.9 Å². The summed E-state index contributed by atoms with van der Waals surface area (Å²) in [4.78, 5) is 2.16. The van der Waals surface area contributed by atoms with Gasteiger partial charge in [-0.2, -0.15) is 0 Å². The van der Waals surface area contributed by atoms with Gasteiger partial charge < -0.3 is 18.9 Å². The van der Waals surface area contributed by atoms with Crippen LogP contribution in [-0.4, -0.2) is 103 Å². The molecule has 0 aromatic carbocycles. The molecule has 3 aliphatic heterocycles. The second-order valence-corrected chi connectivity index (χ2v) is 14.7. The summed E-state index contributed by atoms with van der Waals surface area (Å²) in [5.41, 5.74) is 0.438. The molecule has 8 heteroatoms. The maximum Gasteiger partial charge on any atom is 0.110 e. The predicted octanol–water partition coefficient (Wildman–Crippen LogP) is 4.44. The van der Waals surface area contributed by atoms with Gasteiger partial charge >= 0.3 is 0 Å². The van der Waals surface area contributed by atoms with Gasteiger partial charge in [0.05, 0.1) is 51.3 Å². The molecule has 0 N–H and O–H groups in total. The molecule has 3 aliphatic rings. The second-order valence-electron chi connectivity index (χ2n) is 12.2. The van der Waals surface area contributed by atoms with Gasteiger partial charge in [0.15, 0.2) is 0 Å². The van der Waals surface area contributed by atoms with E-state index in [1.807, 2.05) is 27.7 Å². The number of hydrogen-bond donors (Lipinski definition) is 0. The average molecular weight is 524 g/mol. The fourth-order valence-corrected chi connectivity index (χ4v) is 6.75. The largest absolute Gasteiger partial charge is 0.380 e. The lowest BCUT2D eigenvalue weighted by atomic mass is 9.90. The van der Waals surface area contributed by atoms with E-state index in [0.29, 0.717) is 24.1 Å². The molecule has 0 aromatic heterocycles. The van der Waals surface area contributed by atoms with Gasteiger partial charge in [-0.25, -0.2) is 4.39 Å². The molecule has 2 atom stereocenters. The highest BCUT2D eigenvalue weighted by atomic mass is 32.2. The normalized spacial score (nSPS) is 30.4. The van der Waals surface area contributed by atoms with Crippen molar-refractivity contribution in [1.29, 1.82) is 0 Å². The van der Waals surface area contributed by atoms with Gasteiger partial charge in [0, 0.05) is 41.5 Å². The zero-order chi connectivity index (χ0) is 26.9.